The van der Waals surface area contributed by atoms with E-state index >= 15 is 0 Å². The predicted octanol–water partition coefficient (Wildman–Crippen LogP) is 4.70. The molecule has 3 nitrogen and oxygen atoms in total. The van der Waals surface area contributed by atoms with Gasteiger partial charge < -0.3 is 9.47 Å². The molecule has 1 unspecified atom stereocenters. The number of hydrogen-bond acceptors (Lipinski definition) is 3. The van der Waals surface area contributed by atoms with Crippen LogP contribution >= 0.6 is 0 Å². The van der Waals surface area contributed by atoms with Crippen LogP contribution in [0.4, 0.5) is 4.39 Å². The number of pyridine rings is 1. The molecule has 2 rings (SSSR count). The van der Waals surface area contributed by atoms with Gasteiger partial charge in [-0.2, -0.15) is 0 Å². The number of ether oxygens (including phenoxy) is 2. The molecule has 0 spiro atoms. The third-order valence-corrected chi connectivity index (χ3v) is 3.32. The molecule has 122 valence electrons. The first-order valence-corrected chi connectivity index (χ1v) is 7.48. The Hall–Kier alpha value is -2.20. The summed E-state index contributed by atoms with van der Waals surface area (Å²) in [7, 11) is 1.65. The van der Waals surface area contributed by atoms with Gasteiger partial charge in [-0.25, -0.2) is 4.39 Å². The lowest BCUT2D eigenvalue weighted by Gasteiger charge is -2.31. The van der Waals surface area contributed by atoms with Crippen molar-refractivity contribution in [3.8, 4) is 5.75 Å². The fourth-order valence-electron chi connectivity index (χ4n) is 2.32. The second kappa shape index (κ2) is 7.38. The largest absolute Gasteiger partial charge is 0.459 e. The van der Waals surface area contributed by atoms with E-state index < -0.39 is 0 Å². The number of rotatable bonds is 5. The van der Waals surface area contributed by atoms with Crippen LogP contribution in [0.1, 0.15) is 26.3 Å². The zero-order valence-corrected chi connectivity index (χ0v) is 13.9. The van der Waals surface area contributed by atoms with Crippen LogP contribution in [0.5, 0.6) is 5.75 Å². The quantitative estimate of drug-likeness (QED) is 0.749. The minimum Gasteiger partial charge on any atom is -0.459 e. The average Bonchev–Trinajstić information content (AvgIpc) is 2.50. The van der Waals surface area contributed by atoms with Gasteiger partial charge in [0.15, 0.2) is 0 Å². The van der Waals surface area contributed by atoms with Crippen molar-refractivity contribution < 1.29 is 13.9 Å². The highest BCUT2D eigenvalue weighted by molar-refractivity contribution is 5.52. The van der Waals surface area contributed by atoms with Crippen molar-refractivity contribution in [2.75, 3.05) is 7.11 Å². The Morgan fingerprint density at radius 3 is 2.39 bits per heavy atom. The highest BCUT2D eigenvalue weighted by atomic mass is 19.1. The van der Waals surface area contributed by atoms with Gasteiger partial charge in [0.1, 0.15) is 23.4 Å². The number of hydrogen-bond donors (Lipinski definition) is 0. The molecule has 1 aromatic heterocycles. The van der Waals surface area contributed by atoms with Crippen molar-refractivity contribution in [2.24, 2.45) is 5.41 Å². The van der Waals surface area contributed by atoms with E-state index in [0.717, 1.165) is 5.56 Å². The molecule has 0 saturated heterocycles. The van der Waals surface area contributed by atoms with Crippen LogP contribution in [0.25, 0.3) is 6.08 Å². The van der Waals surface area contributed by atoms with Crippen LogP contribution < -0.4 is 4.74 Å². The molecule has 1 atom stereocenters. The molecular formula is C19H22FNO2. The second-order valence-corrected chi connectivity index (χ2v) is 6.37. The van der Waals surface area contributed by atoms with Crippen molar-refractivity contribution in [1.82, 2.24) is 4.98 Å². The predicted molar refractivity (Wildman–Crippen MR) is 89.5 cm³/mol. The van der Waals surface area contributed by atoms with E-state index in [0.29, 0.717) is 11.5 Å². The van der Waals surface area contributed by atoms with E-state index in [1.54, 1.807) is 31.6 Å². The minimum atomic E-state index is -0.297. The molecule has 2 aromatic rings. The second-order valence-electron chi connectivity index (χ2n) is 6.37. The molecule has 0 bridgehead atoms. The molecule has 1 heterocycles. The van der Waals surface area contributed by atoms with Crippen LogP contribution in [-0.2, 0) is 4.74 Å². The van der Waals surface area contributed by atoms with E-state index in [4.69, 9.17) is 9.47 Å². The molecule has 0 aliphatic heterocycles. The molecule has 0 aliphatic rings. The highest BCUT2D eigenvalue weighted by Gasteiger charge is 2.30. The van der Waals surface area contributed by atoms with Gasteiger partial charge in [-0.15, -0.1) is 0 Å². The standard InChI is InChI=1S/C19H22FNO2/c1-19(2,3)18(22-4)17(12-14-6-5-11-21-13-14)23-16-9-7-15(20)8-10-16/h5-13,18H,1-4H3. The molecule has 0 amide bonds. The van der Waals surface area contributed by atoms with Crippen molar-refractivity contribution in [3.63, 3.8) is 0 Å². The zero-order valence-electron chi connectivity index (χ0n) is 13.9. The van der Waals surface area contributed by atoms with Crippen molar-refractivity contribution in [1.29, 1.82) is 0 Å². The summed E-state index contributed by atoms with van der Waals surface area (Å²) in [4.78, 5) is 4.11. The average molecular weight is 315 g/mol. The van der Waals surface area contributed by atoms with Gasteiger partial charge >= 0.3 is 0 Å². The lowest BCUT2D eigenvalue weighted by atomic mass is 9.87. The van der Waals surface area contributed by atoms with E-state index in [-0.39, 0.29) is 17.3 Å². The van der Waals surface area contributed by atoms with E-state index in [9.17, 15) is 4.39 Å². The Morgan fingerprint density at radius 2 is 1.87 bits per heavy atom. The highest BCUT2D eigenvalue weighted by Crippen LogP contribution is 2.30. The summed E-state index contributed by atoms with van der Waals surface area (Å²) in [5.74, 6) is 0.918. The third kappa shape index (κ3) is 4.89. The SMILES string of the molecule is COC(C(=Cc1cccnc1)Oc1ccc(F)cc1)C(C)(C)C. The van der Waals surface area contributed by atoms with Gasteiger partial charge in [-0.1, -0.05) is 26.8 Å². The zero-order chi connectivity index (χ0) is 16.9. The number of halogens is 1. The normalized spacial score (nSPS) is 13.7. The maximum atomic E-state index is 13.1. The van der Waals surface area contributed by atoms with Gasteiger partial charge in [0.2, 0.25) is 0 Å². The lowest BCUT2D eigenvalue weighted by Crippen LogP contribution is -2.32. The third-order valence-electron chi connectivity index (χ3n) is 3.32. The van der Waals surface area contributed by atoms with Crippen molar-refractivity contribution in [2.45, 2.75) is 26.9 Å². The Kier molecular flexibility index (Phi) is 5.50. The van der Waals surface area contributed by atoms with Gasteiger partial charge in [0.05, 0.1) is 0 Å². The van der Waals surface area contributed by atoms with Crippen LogP contribution in [0.3, 0.4) is 0 Å². The van der Waals surface area contributed by atoms with E-state index in [1.807, 2.05) is 18.2 Å². The van der Waals surface area contributed by atoms with E-state index in [1.165, 1.54) is 12.1 Å². The molecule has 0 saturated carbocycles. The maximum Gasteiger partial charge on any atom is 0.134 e. The minimum absolute atomic E-state index is 0.164. The molecule has 0 aliphatic carbocycles. The molecule has 23 heavy (non-hydrogen) atoms. The van der Waals surface area contributed by atoms with Crippen molar-refractivity contribution in [3.05, 3.63) is 65.9 Å². The fourth-order valence-corrected chi connectivity index (χ4v) is 2.32. The molecular weight excluding hydrogens is 293 g/mol. The van der Waals surface area contributed by atoms with Crippen molar-refractivity contribution >= 4 is 6.08 Å². The van der Waals surface area contributed by atoms with Gasteiger partial charge in [-0.3, -0.25) is 4.98 Å². The van der Waals surface area contributed by atoms with Crippen LogP contribution in [0, 0.1) is 11.2 Å². The Morgan fingerprint density at radius 1 is 1.17 bits per heavy atom. The van der Waals surface area contributed by atoms with E-state index in [2.05, 4.69) is 25.8 Å². The number of aromatic nitrogens is 1. The Labute approximate surface area is 136 Å². The first-order chi connectivity index (χ1) is 10.9. The van der Waals surface area contributed by atoms with Crippen LogP contribution in [0.15, 0.2) is 54.6 Å². The van der Waals surface area contributed by atoms with Gasteiger partial charge in [0.25, 0.3) is 0 Å². The van der Waals surface area contributed by atoms with Gasteiger partial charge in [-0.05, 0) is 47.4 Å². The number of benzene rings is 1. The van der Waals surface area contributed by atoms with Gasteiger partial charge in [0, 0.05) is 19.5 Å². The summed E-state index contributed by atoms with van der Waals surface area (Å²) in [6.45, 7) is 6.23. The summed E-state index contributed by atoms with van der Waals surface area (Å²) < 4.78 is 24.7. The Balaban J connectivity index is 2.38. The first-order valence-electron chi connectivity index (χ1n) is 7.48. The molecule has 1 aromatic carbocycles. The Bertz CT molecular complexity index is 645. The number of methoxy groups -OCH3 is 1. The maximum absolute atomic E-state index is 13.1. The number of nitrogens with zero attached hydrogens (tertiary/aromatic N) is 1. The lowest BCUT2D eigenvalue weighted by molar-refractivity contribution is 0.0207. The summed E-state index contributed by atoms with van der Waals surface area (Å²) >= 11 is 0. The van der Waals surface area contributed by atoms with Crippen LogP contribution in [-0.4, -0.2) is 18.2 Å². The summed E-state index contributed by atoms with van der Waals surface area (Å²) in [6, 6.07) is 9.74. The summed E-state index contributed by atoms with van der Waals surface area (Å²) in [5.41, 5.74) is 0.749. The fraction of sp³-hybridized carbons (Fsp3) is 0.316. The van der Waals surface area contributed by atoms with Crippen LogP contribution in [0.2, 0.25) is 0 Å². The molecule has 4 heteroatoms. The summed E-state index contributed by atoms with van der Waals surface area (Å²) in [5, 5.41) is 0. The first kappa shape index (κ1) is 17.2. The summed E-state index contributed by atoms with van der Waals surface area (Å²) in [6.07, 6.45) is 5.11. The topological polar surface area (TPSA) is 31.4 Å². The molecule has 0 N–H and O–H groups in total. The molecule has 0 fully saturated rings. The molecule has 0 radical (unpaired) electrons. The monoisotopic (exact) mass is 315 g/mol. The smallest absolute Gasteiger partial charge is 0.134 e.